The van der Waals surface area contributed by atoms with Crippen molar-refractivity contribution < 1.29 is 13.3 Å². The van der Waals surface area contributed by atoms with Gasteiger partial charge in [-0.3, -0.25) is 16.0 Å². The van der Waals surface area contributed by atoms with Gasteiger partial charge in [-0.05, 0) is 24.3 Å². The molecular weight excluding hydrogens is 304 g/mol. The summed E-state index contributed by atoms with van der Waals surface area (Å²) in [6, 6.07) is 3.47. The van der Waals surface area contributed by atoms with Crippen molar-refractivity contribution in [2.45, 2.75) is 17.4 Å². The minimum absolute atomic E-state index is 0.183. The zero-order valence-corrected chi connectivity index (χ0v) is 12.0. The van der Waals surface area contributed by atoms with Gasteiger partial charge in [0.05, 0.1) is 10.6 Å². The molecule has 1 saturated heterocycles. The molecule has 1 atom stereocenters. The number of nitro benzene ring substituents is 1. The van der Waals surface area contributed by atoms with E-state index in [0.29, 0.717) is 5.75 Å². The van der Waals surface area contributed by atoms with Gasteiger partial charge in [0.15, 0.2) is 4.90 Å². The molecule has 1 heterocycles. The van der Waals surface area contributed by atoms with E-state index in [1.165, 1.54) is 12.1 Å². The maximum atomic E-state index is 12.2. The molecule has 0 aromatic heterocycles. The van der Waals surface area contributed by atoms with E-state index < -0.39 is 20.6 Å². The number of nitrogens with one attached hydrogen (secondary N) is 2. The van der Waals surface area contributed by atoms with Gasteiger partial charge in [-0.1, -0.05) is 0 Å². The fourth-order valence-electron chi connectivity index (χ4n) is 1.89. The first-order valence-corrected chi connectivity index (χ1v) is 8.43. The predicted octanol–water partition coefficient (Wildman–Crippen LogP) is 0.664. The fourth-order valence-corrected chi connectivity index (χ4v) is 4.57. The van der Waals surface area contributed by atoms with E-state index in [-0.39, 0.29) is 16.6 Å². The highest BCUT2D eigenvalue weighted by molar-refractivity contribution is 7.99. The number of hydrazine groups is 1. The first kappa shape index (κ1) is 15.0. The lowest BCUT2D eigenvalue weighted by Crippen LogP contribution is -2.34. The van der Waals surface area contributed by atoms with Crippen molar-refractivity contribution in [3.8, 4) is 0 Å². The van der Waals surface area contributed by atoms with Crippen molar-refractivity contribution in [3.63, 3.8) is 0 Å². The second-order valence-electron chi connectivity index (χ2n) is 4.27. The summed E-state index contributed by atoms with van der Waals surface area (Å²) in [5.74, 6) is 6.73. The third-order valence-electron chi connectivity index (χ3n) is 2.86. The van der Waals surface area contributed by atoms with Crippen LogP contribution in [0.15, 0.2) is 23.1 Å². The third-order valence-corrected chi connectivity index (χ3v) is 5.59. The molecule has 1 aromatic carbocycles. The summed E-state index contributed by atoms with van der Waals surface area (Å²) in [5, 5.41) is 11.0. The molecule has 0 bridgehead atoms. The van der Waals surface area contributed by atoms with Crippen LogP contribution in [0.2, 0.25) is 0 Å². The smallest absolute Gasteiger partial charge is 0.291 e. The van der Waals surface area contributed by atoms with Gasteiger partial charge in [0.25, 0.3) is 5.69 Å². The molecule has 1 aromatic rings. The monoisotopic (exact) mass is 318 g/mol. The van der Waals surface area contributed by atoms with Crippen molar-refractivity contribution in [2.24, 2.45) is 5.84 Å². The number of nitrogens with two attached hydrogens (primary N) is 1. The molecule has 0 radical (unpaired) electrons. The summed E-state index contributed by atoms with van der Waals surface area (Å²) >= 11 is 1.65. The van der Waals surface area contributed by atoms with Crippen molar-refractivity contribution in [1.82, 2.24) is 4.72 Å². The lowest BCUT2D eigenvalue weighted by Gasteiger charge is -2.12. The Kier molecular flexibility index (Phi) is 4.48. The number of anilines is 1. The molecule has 1 unspecified atom stereocenters. The summed E-state index contributed by atoms with van der Waals surface area (Å²) in [6.07, 6.45) is 0.722. The van der Waals surface area contributed by atoms with Crippen molar-refractivity contribution in [1.29, 1.82) is 0 Å². The average molecular weight is 318 g/mol. The number of nitro groups is 1. The molecule has 10 heteroatoms. The van der Waals surface area contributed by atoms with E-state index in [9.17, 15) is 18.5 Å². The van der Waals surface area contributed by atoms with Crippen LogP contribution in [0.25, 0.3) is 0 Å². The van der Waals surface area contributed by atoms with Crippen LogP contribution in [0, 0.1) is 10.1 Å². The molecular formula is C10H14N4O4S2. The molecule has 4 N–H and O–H groups in total. The number of thioether (sulfide) groups is 1. The highest BCUT2D eigenvalue weighted by Crippen LogP contribution is 2.28. The molecule has 0 aliphatic carbocycles. The van der Waals surface area contributed by atoms with E-state index in [4.69, 9.17) is 5.84 Å². The van der Waals surface area contributed by atoms with Gasteiger partial charge in [-0.25, -0.2) is 13.1 Å². The average Bonchev–Trinajstić information content (AvgIpc) is 2.90. The first-order valence-electron chi connectivity index (χ1n) is 5.79. The maximum Gasteiger partial charge on any atom is 0.291 e. The highest BCUT2D eigenvalue weighted by Gasteiger charge is 2.29. The number of nitrogens with zero attached hydrogens (tertiary/aromatic N) is 1. The van der Waals surface area contributed by atoms with Gasteiger partial charge in [0, 0.05) is 17.9 Å². The lowest BCUT2D eigenvalue weighted by molar-refractivity contribution is -0.387. The summed E-state index contributed by atoms with van der Waals surface area (Å²) < 4.78 is 27.0. The molecule has 1 fully saturated rings. The number of benzene rings is 1. The highest BCUT2D eigenvalue weighted by atomic mass is 32.2. The molecule has 0 amide bonds. The Labute approximate surface area is 120 Å². The van der Waals surface area contributed by atoms with Crippen LogP contribution in [-0.2, 0) is 10.0 Å². The Hall–Kier alpha value is -1.36. The van der Waals surface area contributed by atoms with Crippen LogP contribution >= 0.6 is 11.8 Å². The van der Waals surface area contributed by atoms with E-state index in [1.54, 1.807) is 11.8 Å². The van der Waals surface area contributed by atoms with Crippen LogP contribution in [0.1, 0.15) is 6.42 Å². The lowest BCUT2D eigenvalue weighted by atomic mass is 10.3. The van der Waals surface area contributed by atoms with Crippen molar-refractivity contribution >= 4 is 33.2 Å². The van der Waals surface area contributed by atoms with E-state index in [1.807, 2.05) is 0 Å². The van der Waals surface area contributed by atoms with Crippen LogP contribution in [0.4, 0.5) is 11.4 Å². The molecule has 2 rings (SSSR count). The van der Waals surface area contributed by atoms with Crippen LogP contribution in [0.5, 0.6) is 0 Å². The number of rotatable bonds is 5. The standard InChI is InChI=1S/C10H14N4O4S2/c11-12-7-1-2-10(9(5-7)14(15)16)20(17,18)13-8-3-4-19-6-8/h1-2,5,8,12-13H,3-4,6,11H2. The normalized spacial score (nSPS) is 18.9. The summed E-state index contributed by atoms with van der Waals surface area (Å²) in [4.78, 5) is 9.93. The SMILES string of the molecule is NNc1ccc(S(=O)(=O)NC2CCSC2)c([N+](=O)[O-])c1. The fraction of sp³-hybridized carbons (Fsp3) is 0.400. The van der Waals surface area contributed by atoms with Crippen LogP contribution in [-0.4, -0.2) is 30.9 Å². The first-order chi connectivity index (χ1) is 9.44. The Morgan fingerprint density at radius 3 is 2.75 bits per heavy atom. The zero-order valence-electron chi connectivity index (χ0n) is 10.4. The van der Waals surface area contributed by atoms with Crippen molar-refractivity contribution in [2.75, 3.05) is 16.9 Å². The number of nitrogen functional groups attached to an aromatic ring is 1. The Morgan fingerprint density at radius 1 is 1.45 bits per heavy atom. The zero-order chi connectivity index (χ0) is 14.8. The number of hydrogen-bond acceptors (Lipinski definition) is 7. The van der Waals surface area contributed by atoms with E-state index >= 15 is 0 Å². The topological polar surface area (TPSA) is 127 Å². The van der Waals surface area contributed by atoms with Gasteiger partial charge < -0.3 is 5.43 Å². The van der Waals surface area contributed by atoms with Gasteiger partial charge in [0.2, 0.25) is 10.0 Å². The van der Waals surface area contributed by atoms with Gasteiger partial charge in [-0.2, -0.15) is 11.8 Å². The van der Waals surface area contributed by atoms with Gasteiger partial charge in [0.1, 0.15) is 0 Å². The quantitative estimate of drug-likeness (QED) is 0.413. The largest absolute Gasteiger partial charge is 0.324 e. The maximum absolute atomic E-state index is 12.2. The van der Waals surface area contributed by atoms with Crippen LogP contribution < -0.4 is 16.0 Å². The van der Waals surface area contributed by atoms with Gasteiger partial charge >= 0.3 is 0 Å². The molecule has 1 aliphatic heterocycles. The van der Waals surface area contributed by atoms with Crippen LogP contribution in [0.3, 0.4) is 0 Å². The van der Waals surface area contributed by atoms with Crippen molar-refractivity contribution in [3.05, 3.63) is 28.3 Å². The van der Waals surface area contributed by atoms with Gasteiger partial charge in [-0.15, -0.1) is 0 Å². The number of hydrogen-bond donors (Lipinski definition) is 3. The van der Waals surface area contributed by atoms with E-state index in [2.05, 4.69) is 10.1 Å². The molecule has 110 valence electrons. The molecule has 1 aliphatic rings. The Balaban J connectivity index is 2.37. The minimum Gasteiger partial charge on any atom is -0.324 e. The predicted molar refractivity (Wildman–Crippen MR) is 77.0 cm³/mol. The molecule has 8 nitrogen and oxygen atoms in total. The van der Waals surface area contributed by atoms with E-state index in [0.717, 1.165) is 18.2 Å². The third kappa shape index (κ3) is 3.20. The molecule has 0 saturated carbocycles. The molecule has 0 spiro atoms. The Bertz CT molecular complexity index is 614. The molecule has 20 heavy (non-hydrogen) atoms. The minimum atomic E-state index is -3.92. The summed E-state index contributed by atoms with van der Waals surface area (Å²) in [5.41, 5.74) is 2.02. The second kappa shape index (κ2) is 5.95. The Morgan fingerprint density at radius 2 is 2.20 bits per heavy atom. The summed E-state index contributed by atoms with van der Waals surface area (Å²) in [7, 11) is -3.92. The second-order valence-corrected chi connectivity index (χ2v) is 7.10. The number of sulfonamides is 1. The summed E-state index contributed by atoms with van der Waals surface area (Å²) in [6.45, 7) is 0.